The highest BCUT2D eigenvalue weighted by atomic mass is 79.9. The first-order valence-corrected chi connectivity index (χ1v) is 11.6. The van der Waals surface area contributed by atoms with E-state index in [0.717, 1.165) is 5.20 Å². The third-order valence-electron chi connectivity index (χ3n) is 4.59. The standard InChI is InChI=1S/C16H25BrO3Si/c1-7-12(21(4,5)6)13(18)15-8-11(2)9-16(19-3,14(15)17)20-10-15/h8,13-14,18H,1,9-10H2,2-6H3/t13-,14+,15+,16+/m1/s1. The van der Waals surface area contributed by atoms with Crippen molar-refractivity contribution in [2.45, 2.75) is 49.7 Å². The number of aliphatic hydroxyl groups is 1. The SMILES string of the molecule is C=C=C([C@@H](O)[C@]12C=C(C)C[C@](OC)(OC1)[C@H]2Br)[Si](C)(C)C. The average Bonchev–Trinajstić information content (AvgIpc) is 2.56. The molecule has 1 heterocycles. The van der Waals surface area contributed by atoms with Gasteiger partial charge in [0, 0.05) is 13.5 Å². The minimum absolute atomic E-state index is 0.0964. The van der Waals surface area contributed by atoms with E-state index in [0.29, 0.717) is 13.0 Å². The van der Waals surface area contributed by atoms with Crippen LogP contribution in [-0.2, 0) is 9.47 Å². The second kappa shape index (κ2) is 5.48. The average molecular weight is 373 g/mol. The fourth-order valence-corrected chi connectivity index (χ4v) is 6.14. The molecule has 2 bridgehead atoms. The van der Waals surface area contributed by atoms with Crippen LogP contribution in [0.1, 0.15) is 13.3 Å². The topological polar surface area (TPSA) is 38.7 Å². The van der Waals surface area contributed by atoms with Gasteiger partial charge in [-0.2, -0.15) is 0 Å². The summed E-state index contributed by atoms with van der Waals surface area (Å²) < 4.78 is 11.7. The Hall–Kier alpha value is -0.163. The second-order valence-electron chi connectivity index (χ2n) is 7.19. The summed E-state index contributed by atoms with van der Waals surface area (Å²) in [6.45, 7) is 12.9. The maximum atomic E-state index is 11.1. The molecule has 1 fully saturated rings. The van der Waals surface area contributed by atoms with E-state index < -0.39 is 25.4 Å². The lowest BCUT2D eigenvalue weighted by atomic mass is 9.72. The van der Waals surface area contributed by atoms with Crippen molar-refractivity contribution < 1.29 is 14.6 Å². The highest BCUT2D eigenvalue weighted by molar-refractivity contribution is 9.09. The van der Waals surface area contributed by atoms with Gasteiger partial charge in [-0.1, -0.05) is 53.8 Å². The zero-order valence-corrected chi connectivity index (χ0v) is 16.1. The quantitative estimate of drug-likeness (QED) is 0.355. The Labute approximate surface area is 136 Å². The Morgan fingerprint density at radius 3 is 2.71 bits per heavy atom. The summed E-state index contributed by atoms with van der Waals surface area (Å²) in [5.41, 5.74) is 3.68. The molecule has 1 aliphatic heterocycles. The Balaban J connectivity index is 2.51. The minimum atomic E-state index is -1.72. The molecule has 2 rings (SSSR count). The van der Waals surface area contributed by atoms with Crippen molar-refractivity contribution >= 4 is 24.0 Å². The Kier molecular flexibility index (Phi) is 4.49. The van der Waals surface area contributed by atoms with Gasteiger partial charge in [0.1, 0.15) is 0 Å². The first-order valence-electron chi connectivity index (χ1n) is 7.23. The Bertz CT molecular complexity index is 518. The van der Waals surface area contributed by atoms with Gasteiger partial charge in [-0.3, -0.25) is 0 Å². The number of ether oxygens (including phenoxy) is 2. The van der Waals surface area contributed by atoms with Gasteiger partial charge >= 0.3 is 0 Å². The van der Waals surface area contributed by atoms with Gasteiger partial charge in [-0.15, -0.1) is 5.73 Å². The smallest absolute Gasteiger partial charge is 0.185 e. The van der Waals surface area contributed by atoms with Crippen molar-refractivity contribution in [1.29, 1.82) is 0 Å². The lowest BCUT2D eigenvalue weighted by Crippen LogP contribution is -2.53. The van der Waals surface area contributed by atoms with Gasteiger partial charge in [0.05, 0.1) is 31.0 Å². The van der Waals surface area contributed by atoms with Crippen molar-refractivity contribution in [2.75, 3.05) is 13.7 Å². The number of rotatable bonds is 4. The molecule has 0 aromatic carbocycles. The lowest BCUT2D eigenvalue weighted by molar-refractivity contribution is -0.187. The van der Waals surface area contributed by atoms with E-state index >= 15 is 0 Å². The fourth-order valence-electron chi connectivity index (χ4n) is 3.53. The van der Waals surface area contributed by atoms with Gasteiger partial charge in [0.2, 0.25) is 0 Å². The van der Waals surface area contributed by atoms with Crippen LogP contribution in [0, 0.1) is 5.41 Å². The van der Waals surface area contributed by atoms with E-state index in [1.165, 1.54) is 5.57 Å². The maximum Gasteiger partial charge on any atom is 0.185 e. The molecule has 0 unspecified atom stereocenters. The molecule has 1 aliphatic carbocycles. The molecule has 2 aliphatic rings. The summed E-state index contributed by atoms with van der Waals surface area (Å²) in [6.07, 6.45) is 2.21. The van der Waals surface area contributed by atoms with Crippen LogP contribution in [0.25, 0.3) is 0 Å². The summed E-state index contributed by atoms with van der Waals surface area (Å²) in [5.74, 6) is -0.689. The van der Waals surface area contributed by atoms with E-state index in [-0.39, 0.29) is 4.83 Å². The minimum Gasteiger partial charge on any atom is -0.387 e. The Morgan fingerprint density at radius 2 is 2.24 bits per heavy atom. The van der Waals surface area contributed by atoms with Gasteiger partial charge < -0.3 is 14.6 Å². The zero-order chi connectivity index (χ0) is 16.1. The normalized spacial score (nSPS) is 36.9. The number of alkyl halides is 1. The summed E-state index contributed by atoms with van der Waals surface area (Å²) >= 11 is 3.75. The van der Waals surface area contributed by atoms with Gasteiger partial charge in [0.25, 0.3) is 0 Å². The number of halogens is 1. The predicted molar refractivity (Wildman–Crippen MR) is 91.2 cm³/mol. The van der Waals surface area contributed by atoms with Crippen molar-refractivity contribution in [3.05, 3.63) is 29.2 Å². The molecule has 0 spiro atoms. The van der Waals surface area contributed by atoms with Crippen molar-refractivity contribution in [3.63, 3.8) is 0 Å². The molecule has 5 heteroatoms. The summed E-state index contributed by atoms with van der Waals surface area (Å²) in [4.78, 5) is -0.0964. The van der Waals surface area contributed by atoms with Crippen molar-refractivity contribution in [3.8, 4) is 0 Å². The van der Waals surface area contributed by atoms with Crippen LogP contribution in [0.4, 0.5) is 0 Å². The van der Waals surface area contributed by atoms with Crippen LogP contribution in [0.5, 0.6) is 0 Å². The molecule has 1 saturated heterocycles. The van der Waals surface area contributed by atoms with Crippen LogP contribution in [0.2, 0.25) is 19.6 Å². The number of hydrogen-bond acceptors (Lipinski definition) is 3. The molecule has 4 atom stereocenters. The fraction of sp³-hybridized carbons (Fsp3) is 0.688. The first kappa shape index (κ1) is 17.2. The van der Waals surface area contributed by atoms with Crippen LogP contribution in [0.3, 0.4) is 0 Å². The van der Waals surface area contributed by atoms with E-state index in [2.05, 4.69) is 60.9 Å². The molecule has 1 N–H and O–H groups in total. The zero-order valence-electron chi connectivity index (χ0n) is 13.5. The molecular formula is C16H25BrO3Si. The highest BCUT2D eigenvalue weighted by Gasteiger charge is 2.63. The molecular weight excluding hydrogens is 348 g/mol. The third-order valence-corrected chi connectivity index (χ3v) is 8.21. The summed E-state index contributed by atoms with van der Waals surface area (Å²) in [6, 6.07) is 0. The lowest BCUT2D eigenvalue weighted by Gasteiger charge is -2.43. The van der Waals surface area contributed by atoms with E-state index in [1.807, 2.05) is 0 Å². The molecule has 0 aromatic heterocycles. The number of methoxy groups -OCH3 is 1. The summed E-state index contributed by atoms with van der Waals surface area (Å²) in [7, 11) is -0.0532. The predicted octanol–water partition coefficient (Wildman–Crippen LogP) is 3.41. The molecule has 0 amide bonds. The van der Waals surface area contributed by atoms with E-state index in [1.54, 1.807) is 7.11 Å². The van der Waals surface area contributed by atoms with Crippen LogP contribution >= 0.6 is 15.9 Å². The van der Waals surface area contributed by atoms with Crippen molar-refractivity contribution in [2.24, 2.45) is 5.41 Å². The largest absolute Gasteiger partial charge is 0.387 e. The third kappa shape index (κ3) is 2.54. The maximum absolute atomic E-state index is 11.1. The molecule has 3 nitrogen and oxygen atoms in total. The monoisotopic (exact) mass is 372 g/mol. The van der Waals surface area contributed by atoms with E-state index in [9.17, 15) is 5.11 Å². The number of fused-ring (bicyclic) bond motifs is 2. The second-order valence-corrected chi connectivity index (χ2v) is 13.1. The molecule has 0 radical (unpaired) electrons. The van der Waals surface area contributed by atoms with Crippen molar-refractivity contribution in [1.82, 2.24) is 0 Å². The van der Waals surface area contributed by atoms with Gasteiger partial charge in [-0.25, -0.2) is 0 Å². The van der Waals surface area contributed by atoms with Crippen LogP contribution < -0.4 is 0 Å². The van der Waals surface area contributed by atoms with E-state index in [4.69, 9.17) is 9.47 Å². The molecule has 118 valence electrons. The van der Waals surface area contributed by atoms with Crippen LogP contribution in [-0.4, -0.2) is 43.6 Å². The van der Waals surface area contributed by atoms with Gasteiger partial charge in [0.15, 0.2) is 5.79 Å². The highest BCUT2D eigenvalue weighted by Crippen LogP contribution is 2.55. The van der Waals surface area contributed by atoms with Gasteiger partial charge in [-0.05, 0) is 12.1 Å². The summed E-state index contributed by atoms with van der Waals surface area (Å²) in [5, 5.41) is 12.1. The van der Waals surface area contributed by atoms with Crippen LogP contribution in [0.15, 0.2) is 29.2 Å². The number of hydrogen-bond donors (Lipinski definition) is 1. The molecule has 0 aromatic rings. The Morgan fingerprint density at radius 1 is 1.62 bits per heavy atom. The molecule has 21 heavy (non-hydrogen) atoms. The number of aliphatic hydroxyl groups excluding tert-OH is 1. The molecule has 0 saturated carbocycles. The first-order chi connectivity index (χ1) is 9.63.